The number of rotatable bonds is 5. The lowest BCUT2D eigenvalue weighted by molar-refractivity contribution is 0.177. The molecule has 0 amide bonds. The van der Waals surface area contributed by atoms with Gasteiger partial charge in [0.2, 0.25) is 10.0 Å². The Morgan fingerprint density at radius 2 is 2.00 bits per heavy atom. The number of nitrogen functional groups attached to an aromatic ring is 1. The van der Waals surface area contributed by atoms with Crippen LogP contribution in [-0.2, 0) is 10.0 Å². The van der Waals surface area contributed by atoms with Crippen LogP contribution in [0.15, 0.2) is 17.0 Å². The molecule has 1 unspecified atom stereocenters. The summed E-state index contributed by atoms with van der Waals surface area (Å²) in [5.41, 5.74) is 5.65. The molecule has 0 aliphatic carbocycles. The van der Waals surface area contributed by atoms with Crippen molar-refractivity contribution in [3.63, 3.8) is 0 Å². The molecule has 1 aromatic carbocycles. The number of anilines is 1. The lowest BCUT2D eigenvalue weighted by Crippen LogP contribution is -2.30. The maximum absolute atomic E-state index is 12.3. The molecular weight excluding hydrogens is 311 g/mol. The van der Waals surface area contributed by atoms with Gasteiger partial charge >= 0.3 is 0 Å². The Balaban J connectivity index is 3.10. The molecule has 0 fully saturated rings. The number of hydrogen-bond donors (Lipinski definition) is 2. The molecule has 0 aliphatic rings. The zero-order chi connectivity index (χ0) is 14.8. The van der Waals surface area contributed by atoms with Crippen molar-refractivity contribution in [3.05, 3.63) is 22.2 Å². The van der Waals surface area contributed by atoms with Crippen LogP contribution in [0.5, 0.6) is 0 Å². The number of aliphatic hydroxyl groups excluding tert-OH is 1. The van der Waals surface area contributed by atoms with E-state index in [0.29, 0.717) is 6.42 Å². The van der Waals surface area contributed by atoms with E-state index in [2.05, 4.69) is 0 Å². The van der Waals surface area contributed by atoms with Crippen LogP contribution >= 0.6 is 23.2 Å². The second-order valence-corrected chi connectivity index (χ2v) is 7.04. The first-order valence-corrected chi connectivity index (χ1v) is 7.75. The average Bonchev–Trinajstić information content (AvgIpc) is 2.32. The van der Waals surface area contributed by atoms with Crippen molar-refractivity contribution >= 4 is 38.9 Å². The molecule has 19 heavy (non-hydrogen) atoms. The number of nitrogens with two attached hydrogens (primary N) is 1. The van der Waals surface area contributed by atoms with Crippen molar-refractivity contribution in [1.82, 2.24) is 4.31 Å². The molecule has 3 N–H and O–H groups in total. The number of halogens is 2. The second kappa shape index (κ2) is 6.28. The van der Waals surface area contributed by atoms with Gasteiger partial charge in [-0.2, -0.15) is 0 Å². The van der Waals surface area contributed by atoms with Crippen LogP contribution < -0.4 is 5.73 Å². The van der Waals surface area contributed by atoms with Gasteiger partial charge in [0.1, 0.15) is 4.90 Å². The lowest BCUT2D eigenvalue weighted by Gasteiger charge is -2.19. The topological polar surface area (TPSA) is 83.6 Å². The quantitative estimate of drug-likeness (QED) is 0.810. The summed E-state index contributed by atoms with van der Waals surface area (Å²) in [6, 6.07) is 2.70. The number of benzene rings is 1. The molecule has 0 saturated heterocycles. The van der Waals surface area contributed by atoms with E-state index in [-0.39, 0.29) is 27.2 Å². The maximum Gasteiger partial charge on any atom is 0.244 e. The summed E-state index contributed by atoms with van der Waals surface area (Å²) in [6.07, 6.45) is -0.250. The lowest BCUT2D eigenvalue weighted by atomic mass is 10.3. The molecular formula is C11H16Cl2N2O3S. The Labute approximate surface area is 123 Å². The van der Waals surface area contributed by atoms with Gasteiger partial charge in [0, 0.05) is 13.6 Å². The van der Waals surface area contributed by atoms with Crippen molar-refractivity contribution in [2.24, 2.45) is 0 Å². The monoisotopic (exact) mass is 326 g/mol. The van der Waals surface area contributed by atoms with Gasteiger partial charge in [-0.15, -0.1) is 0 Å². The average molecular weight is 327 g/mol. The van der Waals surface area contributed by atoms with Crippen LogP contribution in [0.1, 0.15) is 13.3 Å². The molecule has 0 saturated carbocycles. The van der Waals surface area contributed by atoms with Crippen LogP contribution in [0.3, 0.4) is 0 Å². The standard InChI is InChI=1S/C11H16Cl2N2O3S/c1-7(16)5-6-15(2)19(17,18)9-4-3-8(12)11(14)10(9)13/h3-4,7,16H,5-6,14H2,1-2H3. The summed E-state index contributed by atoms with van der Waals surface area (Å²) < 4.78 is 25.7. The molecule has 0 bridgehead atoms. The minimum absolute atomic E-state index is 0.0355. The normalized spacial score (nSPS) is 13.8. The molecule has 5 nitrogen and oxygen atoms in total. The Hall–Kier alpha value is -0.530. The third-order valence-electron chi connectivity index (χ3n) is 2.64. The van der Waals surface area contributed by atoms with Crippen LogP contribution in [0.25, 0.3) is 0 Å². The van der Waals surface area contributed by atoms with Crippen molar-refractivity contribution in [2.45, 2.75) is 24.3 Å². The van der Waals surface area contributed by atoms with Crippen LogP contribution in [0, 0.1) is 0 Å². The summed E-state index contributed by atoms with van der Waals surface area (Å²) >= 11 is 11.7. The highest BCUT2D eigenvalue weighted by Gasteiger charge is 2.25. The number of aliphatic hydroxyl groups is 1. The van der Waals surface area contributed by atoms with Crippen molar-refractivity contribution in [1.29, 1.82) is 0 Å². The minimum Gasteiger partial charge on any atom is -0.396 e. The zero-order valence-electron chi connectivity index (χ0n) is 10.6. The summed E-state index contributed by atoms with van der Waals surface area (Å²) in [4.78, 5) is -0.0934. The van der Waals surface area contributed by atoms with Gasteiger partial charge < -0.3 is 10.8 Å². The van der Waals surface area contributed by atoms with Crippen LogP contribution in [-0.4, -0.2) is 37.5 Å². The van der Waals surface area contributed by atoms with E-state index in [1.165, 1.54) is 19.2 Å². The van der Waals surface area contributed by atoms with Gasteiger partial charge in [-0.1, -0.05) is 23.2 Å². The molecule has 0 aromatic heterocycles. The van der Waals surface area contributed by atoms with Gasteiger partial charge in [0.25, 0.3) is 0 Å². The summed E-state index contributed by atoms with van der Waals surface area (Å²) in [6.45, 7) is 1.77. The van der Waals surface area contributed by atoms with Gasteiger partial charge in [-0.05, 0) is 25.5 Å². The highest BCUT2D eigenvalue weighted by atomic mass is 35.5. The Bertz CT molecular complexity index is 561. The molecule has 108 valence electrons. The number of nitrogens with zero attached hydrogens (tertiary/aromatic N) is 1. The van der Waals surface area contributed by atoms with E-state index < -0.39 is 16.1 Å². The molecule has 8 heteroatoms. The number of hydrogen-bond acceptors (Lipinski definition) is 4. The molecule has 0 spiro atoms. The van der Waals surface area contributed by atoms with Gasteiger partial charge in [-0.25, -0.2) is 12.7 Å². The highest BCUT2D eigenvalue weighted by Crippen LogP contribution is 2.34. The summed E-state index contributed by atoms with van der Waals surface area (Å²) in [5, 5.41) is 9.31. The second-order valence-electron chi connectivity index (χ2n) is 4.24. The number of sulfonamides is 1. The van der Waals surface area contributed by atoms with E-state index in [0.717, 1.165) is 4.31 Å². The molecule has 0 heterocycles. The van der Waals surface area contributed by atoms with Crippen molar-refractivity contribution in [3.8, 4) is 0 Å². The third-order valence-corrected chi connectivity index (χ3v) is 5.39. The first kappa shape index (κ1) is 16.5. The SMILES string of the molecule is CC(O)CCN(C)S(=O)(=O)c1ccc(Cl)c(N)c1Cl. The van der Waals surface area contributed by atoms with Crippen molar-refractivity contribution in [2.75, 3.05) is 19.3 Å². The fourth-order valence-electron chi connectivity index (χ4n) is 1.41. The molecule has 1 atom stereocenters. The van der Waals surface area contributed by atoms with Crippen molar-refractivity contribution < 1.29 is 13.5 Å². The molecule has 0 aliphatic heterocycles. The Kier molecular flexibility index (Phi) is 5.46. The summed E-state index contributed by atoms with van der Waals surface area (Å²) in [5.74, 6) is 0. The molecule has 0 radical (unpaired) electrons. The van der Waals surface area contributed by atoms with E-state index in [9.17, 15) is 13.5 Å². The van der Waals surface area contributed by atoms with Crippen LogP contribution in [0.4, 0.5) is 5.69 Å². The zero-order valence-corrected chi connectivity index (χ0v) is 12.9. The molecule has 1 rings (SSSR count). The predicted molar refractivity (Wildman–Crippen MR) is 77.0 cm³/mol. The van der Waals surface area contributed by atoms with E-state index in [1.54, 1.807) is 6.92 Å². The first-order valence-electron chi connectivity index (χ1n) is 5.55. The van der Waals surface area contributed by atoms with E-state index >= 15 is 0 Å². The Morgan fingerprint density at radius 3 is 2.53 bits per heavy atom. The maximum atomic E-state index is 12.3. The minimum atomic E-state index is -3.75. The fourth-order valence-corrected chi connectivity index (χ4v) is 3.33. The highest BCUT2D eigenvalue weighted by molar-refractivity contribution is 7.89. The first-order chi connectivity index (χ1) is 8.67. The van der Waals surface area contributed by atoms with Gasteiger partial charge in [0.05, 0.1) is 21.8 Å². The fraction of sp³-hybridized carbons (Fsp3) is 0.455. The van der Waals surface area contributed by atoms with E-state index in [1.807, 2.05) is 0 Å². The smallest absolute Gasteiger partial charge is 0.244 e. The largest absolute Gasteiger partial charge is 0.396 e. The van der Waals surface area contributed by atoms with Gasteiger partial charge in [0.15, 0.2) is 0 Å². The van der Waals surface area contributed by atoms with Crippen LogP contribution in [0.2, 0.25) is 10.0 Å². The predicted octanol–water partition coefficient (Wildman–Crippen LogP) is 1.97. The van der Waals surface area contributed by atoms with E-state index in [4.69, 9.17) is 28.9 Å². The molecule has 1 aromatic rings. The van der Waals surface area contributed by atoms with Gasteiger partial charge in [-0.3, -0.25) is 0 Å². The Morgan fingerprint density at radius 1 is 1.42 bits per heavy atom. The third kappa shape index (κ3) is 3.73. The summed E-state index contributed by atoms with van der Waals surface area (Å²) in [7, 11) is -2.34.